The van der Waals surface area contributed by atoms with Crippen molar-refractivity contribution in [1.29, 1.82) is 0 Å². The van der Waals surface area contributed by atoms with Gasteiger partial charge < -0.3 is 9.47 Å². The van der Waals surface area contributed by atoms with Crippen LogP contribution in [0.25, 0.3) is 16.8 Å². The summed E-state index contributed by atoms with van der Waals surface area (Å²) in [5.74, 6) is 1.72. The van der Waals surface area contributed by atoms with Gasteiger partial charge in [0.1, 0.15) is 11.4 Å². The molecule has 2 aromatic carbocycles. The van der Waals surface area contributed by atoms with Gasteiger partial charge in [-0.25, -0.2) is 17.4 Å². The highest BCUT2D eigenvalue weighted by molar-refractivity contribution is 7.90. The number of benzene rings is 2. The lowest BCUT2D eigenvalue weighted by atomic mass is 9.87. The topological polar surface area (TPSA) is 101 Å². The highest BCUT2D eigenvalue weighted by Crippen LogP contribution is 2.48. The van der Waals surface area contributed by atoms with Crippen LogP contribution < -0.4 is 4.74 Å². The second kappa shape index (κ2) is 9.77. The number of fused-ring (bicyclic) bond motifs is 3. The molecule has 39 heavy (non-hydrogen) atoms. The first-order valence-electron chi connectivity index (χ1n) is 13.2. The third-order valence-corrected chi connectivity index (χ3v) is 9.58. The Kier molecular flexibility index (Phi) is 6.39. The normalized spacial score (nSPS) is 19.7. The van der Waals surface area contributed by atoms with Crippen LogP contribution in [0.3, 0.4) is 0 Å². The largest absolute Gasteiger partial charge is 0.497 e. The molecule has 202 valence electrons. The number of methoxy groups -OCH3 is 1. The van der Waals surface area contributed by atoms with Crippen LogP contribution >= 0.6 is 0 Å². The predicted molar refractivity (Wildman–Crippen MR) is 147 cm³/mol. The summed E-state index contributed by atoms with van der Waals surface area (Å²) in [4.78, 5) is 4.70. The van der Waals surface area contributed by atoms with Crippen molar-refractivity contribution < 1.29 is 17.9 Å². The molecule has 3 heterocycles. The average molecular weight is 546 g/mol. The number of hydrogen-bond acceptors (Lipinski definition) is 7. The maximum absolute atomic E-state index is 13.6. The first kappa shape index (κ1) is 25.5. The van der Waals surface area contributed by atoms with Gasteiger partial charge in [0.25, 0.3) is 10.0 Å². The molecule has 0 spiro atoms. The standard InChI is InChI=1S/C29H31N5O4S/c1-4-22-6-5-16-29(22,38-19-21-9-11-23(37-3)12-10-21)28-32-31-26-18-30-27-25(34(26)28)15-17-33(27)39(35,36)24-13-7-20(2)8-14-24/h7-15,17-18,22H,4-6,16,19H2,1-3H3/t22-,29-/m1/s1. The average Bonchev–Trinajstić information content (AvgIpc) is 3.69. The molecule has 0 unspecified atom stereocenters. The summed E-state index contributed by atoms with van der Waals surface area (Å²) in [7, 11) is -2.20. The Morgan fingerprint density at radius 2 is 1.82 bits per heavy atom. The maximum Gasteiger partial charge on any atom is 0.269 e. The van der Waals surface area contributed by atoms with Crippen molar-refractivity contribution in [2.45, 2.75) is 56.6 Å². The van der Waals surface area contributed by atoms with Crippen LogP contribution in [0.1, 0.15) is 49.6 Å². The second-order valence-electron chi connectivity index (χ2n) is 10.1. The SMILES string of the molecule is CC[C@@H]1CCC[C@]1(OCc1ccc(OC)cc1)c1nnc2cnc3c(ccn3S(=O)(=O)c3ccc(C)cc3)n12. The van der Waals surface area contributed by atoms with E-state index in [1.807, 2.05) is 35.6 Å². The molecule has 9 nitrogen and oxygen atoms in total. The molecule has 1 aliphatic carbocycles. The van der Waals surface area contributed by atoms with Gasteiger partial charge in [-0.05, 0) is 68.0 Å². The summed E-state index contributed by atoms with van der Waals surface area (Å²) in [6, 6.07) is 16.4. The van der Waals surface area contributed by atoms with Crippen LogP contribution in [0.5, 0.6) is 5.75 Å². The lowest BCUT2D eigenvalue weighted by molar-refractivity contribution is -0.0967. The zero-order chi connectivity index (χ0) is 27.2. The maximum atomic E-state index is 13.6. The predicted octanol–water partition coefficient (Wildman–Crippen LogP) is 5.26. The van der Waals surface area contributed by atoms with Gasteiger partial charge in [-0.15, -0.1) is 10.2 Å². The zero-order valence-electron chi connectivity index (χ0n) is 22.2. The monoisotopic (exact) mass is 545 g/mol. The molecule has 1 saturated carbocycles. The van der Waals surface area contributed by atoms with Gasteiger partial charge in [0.2, 0.25) is 0 Å². The van der Waals surface area contributed by atoms with Crippen molar-refractivity contribution in [3.63, 3.8) is 0 Å². The molecule has 1 aliphatic rings. The summed E-state index contributed by atoms with van der Waals surface area (Å²) in [5.41, 5.74) is 2.85. The number of hydrogen-bond donors (Lipinski definition) is 0. The first-order valence-corrected chi connectivity index (χ1v) is 14.6. The Labute approximate surface area is 227 Å². The van der Waals surface area contributed by atoms with E-state index >= 15 is 0 Å². The van der Waals surface area contributed by atoms with Crippen LogP contribution in [0.4, 0.5) is 0 Å². The fourth-order valence-corrected chi connectivity index (χ4v) is 7.08. The Morgan fingerprint density at radius 3 is 2.54 bits per heavy atom. The number of ether oxygens (including phenoxy) is 2. The number of aryl methyl sites for hydroxylation is 1. The lowest BCUT2D eigenvalue weighted by Gasteiger charge is -2.34. The molecule has 0 saturated heterocycles. The third-order valence-electron chi connectivity index (χ3n) is 7.90. The number of nitrogens with zero attached hydrogens (tertiary/aromatic N) is 5. The summed E-state index contributed by atoms with van der Waals surface area (Å²) >= 11 is 0. The number of aromatic nitrogens is 5. The fourth-order valence-electron chi connectivity index (χ4n) is 5.79. The van der Waals surface area contributed by atoms with Crippen molar-refractivity contribution in [2.24, 2.45) is 5.92 Å². The summed E-state index contributed by atoms with van der Waals surface area (Å²) in [6.07, 6.45) is 6.88. The highest BCUT2D eigenvalue weighted by Gasteiger charge is 2.48. The van der Waals surface area contributed by atoms with Gasteiger partial charge in [-0.2, -0.15) is 0 Å². The van der Waals surface area contributed by atoms with Crippen LogP contribution in [0, 0.1) is 12.8 Å². The van der Waals surface area contributed by atoms with Gasteiger partial charge in [-0.1, -0.05) is 43.2 Å². The smallest absolute Gasteiger partial charge is 0.269 e. The quantitative estimate of drug-likeness (QED) is 0.262. The fraction of sp³-hybridized carbons (Fsp3) is 0.345. The van der Waals surface area contributed by atoms with E-state index < -0.39 is 15.6 Å². The summed E-state index contributed by atoms with van der Waals surface area (Å²) in [6.45, 7) is 4.51. The first-order chi connectivity index (χ1) is 18.9. The highest BCUT2D eigenvalue weighted by atomic mass is 32.2. The minimum absolute atomic E-state index is 0.206. The molecular formula is C29H31N5O4S. The van der Waals surface area contributed by atoms with Crippen molar-refractivity contribution in [2.75, 3.05) is 7.11 Å². The van der Waals surface area contributed by atoms with E-state index in [0.717, 1.165) is 42.6 Å². The molecule has 2 atom stereocenters. The van der Waals surface area contributed by atoms with Crippen LogP contribution in [-0.4, -0.2) is 39.1 Å². The molecular weight excluding hydrogens is 514 g/mol. The van der Waals surface area contributed by atoms with Gasteiger partial charge in [0, 0.05) is 6.20 Å². The molecule has 5 aromatic rings. The van der Waals surface area contributed by atoms with E-state index in [1.165, 1.54) is 3.97 Å². The molecule has 0 aliphatic heterocycles. The van der Waals surface area contributed by atoms with Crippen LogP contribution in [0.15, 0.2) is 71.9 Å². The number of rotatable bonds is 8. The van der Waals surface area contributed by atoms with E-state index in [0.29, 0.717) is 29.2 Å². The molecule has 10 heteroatoms. The molecule has 0 radical (unpaired) electrons. The van der Waals surface area contributed by atoms with Crippen molar-refractivity contribution >= 4 is 26.8 Å². The van der Waals surface area contributed by atoms with E-state index in [9.17, 15) is 8.42 Å². The van der Waals surface area contributed by atoms with E-state index in [-0.39, 0.29) is 10.8 Å². The third kappa shape index (κ3) is 4.18. The Morgan fingerprint density at radius 1 is 1.05 bits per heavy atom. The molecule has 0 N–H and O–H groups in total. The minimum Gasteiger partial charge on any atom is -0.497 e. The van der Waals surface area contributed by atoms with Gasteiger partial charge in [-0.3, -0.25) is 4.40 Å². The van der Waals surface area contributed by atoms with Crippen LogP contribution in [-0.2, 0) is 27.0 Å². The summed E-state index contributed by atoms with van der Waals surface area (Å²) in [5, 5.41) is 9.09. The van der Waals surface area contributed by atoms with E-state index in [1.54, 1.807) is 49.8 Å². The van der Waals surface area contributed by atoms with Crippen molar-refractivity contribution in [3.05, 3.63) is 83.9 Å². The van der Waals surface area contributed by atoms with E-state index in [2.05, 4.69) is 22.1 Å². The van der Waals surface area contributed by atoms with E-state index in [4.69, 9.17) is 9.47 Å². The summed E-state index contributed by atoms with van der Waals surface area (Å²) < 4.78 is 42.3. The van der Waals surface area contributed by atoms with Crippen molar-refractivity contribution in [3.8, 4) is 5.75 Å². The molecule has 0 amide bonds. The van der Waals surface area contributed by atoms with Gasteiger partial charge >= 0.3 is 0 Å². The Bertz CT molecular complexity index is 1740. The van der Waals surface area contributed by atoms with Crippen molar-refractivity contribution in [1.82, 2.24) is 23.6 Å². The minimum atomic E-state index is -3.85. The molecule has 3 aromatic heterocycles. The lowest BCUT2D eigenvalue weighted by Crippen LogP contribution is -2.36. The Balaban J connectivity index is 1.46. The second-order valence-corrected chi connectivity index (χ2v) is 12.0. The molecule has 1 fully saturated rings. The Hall–Kier alpha value is -3.76. The molecule has 6 rings (SSSR count). The van der Waals surface area contributed by atoms with Gasteiger partial charge in [0.15, 0.2) is 17.1 Å². The van der Waals surface area contributed by atoms with Gasteiger partial charge in [0.05, 0.1) is 30.3 Å². The zero-order valence-corrected chi connectivity index (χ0v) is 23.1. The van der Waals surface area contributed by atoms with Crippen LogP contribution in [0.2, 0.25) is 0 Å². The molecule has 0 bridgehead atoms.